The van der Waals surface area contributed by atoms with Crippen LogP contribution in [0.5, 0.6) is 0 Å². The van der Waals surface area contributed by atoms with Crippen molar-refractivity contribution < 1.29 is 9.90 Å². The first-order valence-electron chi connectivity index (χ1n) is 7.73. The largest absolute Gasteiger partial charge is 0.477 e. The zero-order chi connectivity index (χ0) is 15.5. The first-order chi connectivity index (χ1) is 10.7. The number of carboxylic acids is 1. The highest BCUT2D eigenvalue weighted by Gasteiger charge is 2.22. The molecule has 0 saturated heterocycles. The molecular weight excluding hydrogens is 278 g/mol. The summed E-state index contributed by atoms with van der Waals surface area (Å²) in [5.41, 5.74) is 1.22. The summed E-state index contributed by atoms with van der Waals surface area (Å²) in [5, 5.41) is 9.24. The van der Waals surface area contributed by atoms with E-state index in [9.17, 15) is 14.7 Å². The minimum Gasteiger partial charge on any atom is -0.477 e. The van der Waals surface area contributed by atoms with Crippen molar-refractivity contribution in [3.05, 3.63) is 58.4 Å². The average Bonchev–Trinajstić information content (AvgIpc) is 2.55. The summed E-state index contributed by atoms with van der Waals surface area (Å²) in [6.07, 6.45) is 5.22. The fourth-order valence-corrected chi connectivity index (χ4v) is 3.26. The molecule has 0 aliphatic heterocycles. The number of rotatable bonds is 3. The van der Waals surface area contributed by atoms with Gasteiger partial charge in [0.1, 0.15) is 5.56 Å². The molecule has 1 N–H and O–H groups in total. The monoisotopic (exact) mass is 297 g/mol. The normalized spacial score (nSPS) is 15.6. The van der Waals surface area contributed by atoms with E-state index < -0.39 is 5.97 Å². The smallest absolute Gasteiger partial charge is 0.341 e. The van der Waals surface area contributed by atoms with Crippen LogP contribution in [-0.2, 0) is 0 Å². The van der Waals surface area contributed by atoms with Crippen molar-refractivity contribution in [2.45, 2.75) is 38.1 Å². The first-order valence-corrected chi connectivity index (χ1v) is 7.73. The average molecular weight is 297 g/mol. The Morgan fingerprint density at radius 3 is 2.32 bits per heavy atom. The van der Waals surface area contributed by atoms with Crippen LogP contribution >= 0.6 is 0 Å². The third-order valence-electron chi connectivity index (χ3n) is 4.36. The minimum atomic E-state index is -1.16. The number of nitrogens with zero attached hydrogens (tertiary/aromatic N) is 1. The van der Waals surface area contributed by atoms with Crippen LogP contribution in [0.4, 0.5) is 0 Å². The van der Waals surface area contributed by atoms with Crippen molar-refractivity contribution in [2.24, 2.45) is 0 Å². The molecule has 4 nitrogen and oxygen atoms in total. The van der Waals surface area contributed by atoms with Gasteiger partial charge >= 0.3 is 5.97 Å². The van der Waals surface area contributed by atoms with Gasteiger partial charge in [-0.05, 0) is 30.5 Å². The van der Waals surface area contributed by atoms with Crippen molar-refractivity contribution in [1.29, 1.82) is 0 Å². The van der Waals surface area contributed by atoms with Crippen LogP contribution in [-0.4, -0.2) is 15.6 Å². The third kappa shape index (κ3) is 2.69. The van der Waals surface area contributed by atoms with Gasteiger partial charge in [-0.2, -0.15) is 0 Å². The SMILES string of the molecule is O=C(O)c1ccc(-c2ccccc2)n(C2CCCCC2)c1=O. The molecule has 1 aliphatic rings. The number of hydrogen-bond donors (Lipinski definition) is 1. The molecule has 4 heteroatoms. The number of aromatic nitrogens is 1. The number of carbonyl (C=O) groups is 1. The van der Waals surface area contributed by atoms with E-state index in [1.165, 1.54) is 12.5 Å². The summed E-state index contributed by atoms with van der Waals surface area (Å²) in [7, 11) is 0. The molecule has 0 bridgehead atoms. The maximum Gasteiger partial charge on any atom is 0.341 e. The Bertz CT molecular complexity index is 728. The summed E-state index contributed by atoms with van der Waals surface area (Å²) in [5.74, 6) is -1.16. The molecule has 1 heterocycles. The number of benzene rings is 1. The standard InChI is InChI=1S/C18H19NO3/c20-17-15(18(21)22)11-12-16(13-7-3-1-4-8-13)19(17)14-9-5-2-6-10-14/h1,3-4,7-8,11-12,14H,2,5-6,9-10H2,(H,21,22). The molecule has 114 valence electrons. The predicted molar refractivity (Wildman–Crippen MR) is 85.2 cm³/mol. The maximum absolute atomic E-state index is 12.7. The van der Waals surface area contributed by atoms with E-state index >= 15 is 0 Å². The fourth-order valence-electron chi connectivity index (χ4n) is 3.26. The molecule has 1 aliphatic carbocycles. The summed E-state index contributed by atoms with van der Waals surface area (Å²) in [6, 6.07) is 13.0. The molecule has 1 fully saturated rings. The van der Waals surface area contributed by atoms with Gasteiger partial charge in [0.2, 0.25) is 0 Å². The van der Waals surface area contributed by atoms with Crippen LogP contribution < -0.4 is 5.56 Å². The van der Waals surface area contributed by atoms with Gasteiger partial charge in [-0.15, -0.1) is 0 Å². The highest BCUT2D eigenvalue weighted by molar-refractivity contribution is 5.87. The van der Waals surface area contributed by atoms with Crippen molar-refractivity contribution in [2.75, 3.05) is 0 Å². The van der Waals surface area contributed by atoms with Gasteiger partial charge in [-0.3, -0.25) is 4.79 Å². The Balaban J connectivity index is 2.19. The Hall–Kier alpha value is -2.36. The van der Waals surface area contributed by atoms with Gasteiger partial charge in [0.05, 0.1) is 5.69 Å². The molecule has 3 rings (SSSR count). The van der Waals surface area contributed by atoms with Gasteiger partial charge < -0.3 is 9.67 Å². The van der Waals surface area contributed by atoms with Crippen molar-refractivity contribution >= 4 is 5.97 Å². The molecule has 22 heavy (non-hydrogen) atoms. The third-order valence-corrected chi connectivity index (χ3v) is 4.36. The molecular formula is C18H19NO3. The van der Waals surface area contributed by atoms with E-state index in [4.69, 9.17) is 0 Å². The van der Waals surface area contributed by atoms with E-state index in [1.54, 1.807) is 10.6 Å². The molecule has 0 spiro atoms. The first kappa shape index (κ1) is 14.6. The second-order valence-corrected chi connectivity index (χ2v) is 5.77. The van der Waals surface area contributed by atoms with Crippen LogP contribution in [0.25, 0.3) is 11.3 Å². The van der Waals surface area contributed by atoms with Crippen molar-refractivity contribution in [3.63, 3.8) is 0 Å². The number of hydrogen-bond acceptors (Lipinski definition) is 2. The highest BCUT2D eigenvalue weighted by Crippen LogP contribution is 2.31. The summed E-state index contributed by atoms with van der Waals surface area (Å²) >= 11 is 0. The minimum absolute atomic E-state index is 0.0933. The number of carboxylic acid groups (broad SMARTS) is 1. The fraction of sp³-hybridized carbons (Fsp3) is 0.333. The van der Waals surface area contributed by atoms with Gasteiger partial charge in [-0.1, -0.05) is 49.6 Å². The van der Waals surface area contributed by atoms with E-state index in [-0.39, 0.29) is 17.2 Å². The molecule has 0 radical (unpaired) electrons. The Labute approximate surface area is 129 Å². The lowest BCUT2D eigenvalue weighted by atomic mass is 9.94. The van der Waals surface area contributed by atoms with Crippen LogP contribution in [0.3, 0.4) is 0 Å². The van der Waals surface area contributed by atoms with Crippen molar-refractivity contribution in [1.82, 2.24) is 4.57 Å². The summed E-state index contributed by atoms with van der Waals surface area (Å²) in [6.45, 7) is 0. The van der Waals surface area contributed by atoms with Crippen LogP contribution in [0.2, 0.25) is 0 Å². The lowest BCUT2D eigenvalue weighted by molar-refractivity contribution is 0.0694. The summed E-state index contributed by atoms with van der Waals surface area (Å²) < 4.78 is 1.71. The van der Waals surface area contributed by atoms with Gasteiger partial charge in [0.15, 0.2) is 0 Å². The van der Waals surface area contributed by atoms with Crippen LogP contribution in [0, 0.1) is 0 Å². The Kier molecular flexibility index (Phi) is 4.09. The van der Waals surface area contributed by atoms with E-state index in [0.717, 1.165) is 36.9 Å². The lowest BCUT2D eigenvalue weighted by Gasteiger charge is -2.27. The topological polar surface area (TPSA) is 59.3 Å². The zero-order valence-electron chi connectivity index (χ0n) is 12.4. The molecule has 0 unspecified atom stereocenters. The molecule has 1 saturated carbocycles. The zero-order valence-corrected chi connectivity index (χ0v) is 12.4. The van der Waals surface area contributed by atoms with Crippen LogP contribution in [0.1, 0.15) is 48.5 Å². The maximum atomic E-state index is 12.7. The quantitative estimate of drug-likeness (QED) is 0.939. The molecule has 0 atom stereocenters. The second-order valence-electron chi connectivity index (χ2n) is 5.77. The van der Waals surface area contributed by atoms with Gasteiger partial charge in [0, 0.05) is 6.04 Å². The molecule has 1 aromatic carbocycles. The van der Waals surface area contributed by atoms with Gasteiger partial charge in [0.25, 0.3) is 5.56 Å². The van der Waals surface area contributed by atoms with Crippen LogP contribution in [0.15, 0.2) is 47.3 Å². The van der Waals surface area contributed by atoms with E-state index in [0.29, 0.717) is 0 Å². The van der Waals surface area contributed by atoms with Gasteiger partial charge in [-0.25, -0.2) is 4.79 Å². The van der Waals surface area contributed by atoms with E-state index in [1.807, 2.05) is 30.3 Å². The molecule has 2 aromatic rings. The Morgan fingerprint density at radius 2 is 1.68 bits per heavy atom. The highest BCUT2D eigenvalue weighted by atomic mass is 16.4. The summed E-state index contributed by atoms with van der Waals surface area (Å²) in [4.78, 5) is 24.0. The lowest BCUT2D eigenvalue weighted by Crippen LogP contribution is -2.31. The second kappa shape index (κ2) is 6.18. The van der Waals surface area contributed by atoms with Crippen molar-refractivity contribution in [3.8, 4) is 11.3 Å². The Morgan fingerprint density at radius 1 is 1.00 bits per heavy atom. The number of aromatic carboxylic acids is 1. The van der Waals surface area contributed by atoms with E-state index in [2.05, 4.69) is 0 Å². The number of pyridine rings is 1. The molecule has 0 amide bonds. The predicted octanol–water partition coefficient (Wildman–Crippen LogP) is 3.72. The molecule has 1 aromatic heterocycles.